The Kier molecular flexibility index (Phi) is 8.32. The van der Waals surface area contributed by atoms with Crippen molar-refractivity contribution >= 4 is 0 Å². The Morgan fingerprint density at radius 3 is 2.29 bits per heavy atom. The molecule has 0 radical (unpaired) electrons. The number of benzene rings is 2. The third-order valence-corrected chi connectivity index (χ3v) is 3.68. The quantitative estimate of drug-likeness (QED) is 0.504. The van der Waals surface area contributed by atoms with Crippen molar-refractivity contribution in [2.24, 2.45) is 5.73 Å². The van der Waals surface area contributed by atoms with Gasteiger partial charge in [0.2, 0.25) is 0 Å². The molecule has 4 nitrogen and oxygen atoms in total. The monoisotopic (exact) mass is 329 g/mol. The van der Waals surface area contributed by atoms with Gasteiger partial charge in [-0.3, -0.25) is 5.73 Å². The lowest BCUT2D eigenvalue weighted by atomic mass is 10.2. The van der Waals surface area contributed by atoms with Crippen LogP contribution in [-0.2, 0) is 16.1 Å². The summed E-state index contributed by atoms with van der Waals surface area (Å²) in [5.41, 5.74) is 7.10. The summed E-state index contributed by atoms with van der Waals surface area (Å²) >= 11 is 0. The SMILES string of the molecule is CCC(CCOCC(N)Oc1ccccc1)OCc1ccccc1. The molecular weight excluding hydrogens is 302 g/mol. The molecule has 0 aliphatic carbocycles. The van der Waals surface area contributed by atoms with E-state index in [1.807, 2.05) is 48.5 Å². The normalized spacial score (nSPS) is 13.4. The average Bonchev–Trinajstić information content (AvgIpc) is 2.63. The van der Waals surface area contributed by atoms with E-state index >= 15 is 0 Å². The van der Waals surface area contributed by atoms with Crippen LogP contribution in [0.5, 0.6) is 5.75 Å². The van der Waals surface area contributed by atoms with Gasteiger partial charge in [-0.2, -0.15) is 0 Å². The van der Waals surface area contributed by atoms with Gasteiger partial charge in [-0.05, 0) is 30.5 Å². The Morgan fingerprint density at radius 2 is 1.62 bits per heavy atom. The summed E-state index contributed by atoms with van der Waals surface area (Å²) in [5.74, 6) is 0.756. The van der Waals surface area contributed by atoms with Gasteiger partial charge < -0.3 is 14.2 Å². The van der Waals surface area contributed by atoms with Gasteiger partial charge in [0.25, 0.3) is 0 Å². The average molecular weight is 329 g/mol. The Hall–Kier alpha value is -1.88. The van der Waals surface area contributed by atoms with E-state index in [1.54, 1.807) is 0 Å². The number of ether oxygens (including phenoxy) is 3. The molecule has 130 valence electrons. The first-order valence-electron chi connectivity index (χ1n) is 8.48. The maximum Gasteiger partial charge on any atom is 0.171 e. The van der Waals surface area contributed by atoms with Crippen LogP contribution in [0.25, 0.3) is 0 Å². The fourth-order valence-corrected chi connectivity index (χ4v) is 2.32. The van der Waals surface area contributed by atoms with E-state index in [9.17, 15) is 0 Å². The number of nitrogens with two attached hydrogens (primary N) is 1. The predicted octanol–water partition coefficient (Wildman–Crippen LogP) is 3.75. The standard InChI is InChI=1S/C20H27NO3/c1-2-18(23-15-17-9-5-3-6-10-17)13-14-22-16-20(21)24-19-11-7-4-8-12-19/h3-12,18,20H,2,13-16,21H2,1H3. The molecule has 24 heavy (non-hydrogen) atoms. The van der Waals surface area contributed by atoms with E-state index in [2.05, 4.69) is 19.1 Å². The molecule has 0 aromatic heterocycles. The van der Waals surface area contributed by atoms with Crippen LogP contribution in [0.2, 0.25) is 0 Å². The lowest BCUT2D eigenvalue weighted by Crippen LogP contribution is -2.33. The second-order valence-corrected chi connectivity index (χ2v) is 5.66. The molecule has 0 heterocycles. The fourth-order valence-electron chi connectivity index (χ4n) is 2.32. The van der Waals surface area contributed by atoms with E-state index in [-0.39, 0.29) is 6.10 Å². The molecule has 2 N–H and O–H groups in total. The molecule has 0 saturated heterocycles. The van der Waals surface area contributed by atoms with Crippen molar-refractivity contribution < 1.29 is 14.2 Å². The third kappa shape index (κ3) is 7.13. The highest BCUT2D eigenvalue weighted by molar-refractivity contribution is 5.21. The number of hydrogen-bond donors (Lipinski definition) is 1. The number of para-hydroxylation sites is 1. The Morgan fingerprint density at radius 1 is 0.958 bits per heavy atom. The van der Waals surface area contributed by atoms with Gasteiger partial charge >= 0.3 is 0 Å². The highest BCUT2D eigenvalue weighted by Gasteiger charge is 2.09. The van der Waals surface area contributed by atoms with Gasteiger partial charge in [-0.15, -0.1) is 0 Å². The maximum atomic E-state index is 5.94. The minimum Gasteiger partial charge on any atom is -0.473 e. The van der Waals surface area contributed by atoms with Gasteiger partial charge in [-0.1, -0.05) is 55.5 Å². The van der Waals surface area contributed by atoms with Gasteiger partial charge in [0.05, 0.1) is 19.3 Å². The molecule has 0 amide bonds. The highest BCUT2D eigenvalue weighted by Crippen LogP contribution is 2.11. The van der Waals surface area contributed by atoms with Crippen molar-refractivity contribution in [2.75, 3.05) is 13.2 Å². The molecule has 4 heteroatoms. The van der Waals surface area contributed by atoms with E-state index in [1.165, 1.54) is 5.56 Å². The van der Waals surface area contributed by atoms with E-state index in [0.29, 0.717) is 19.8 Å². The largest absolute Gasteiger partial charge is 0.473 e. The Labute approximate surface area is 144 Å². The van der Waals surface area contributed by atoms with Gasteiger partial charge in [0, 0.05) is 6.61 Å². The second-order valence-electron chi connectivity index (χ2n) is 5.66. The summed E-state index contributed by atoms with van der Waals surface area (Å²) in [6.45, 7) is 3.74. The minimum absolute atomic E-state index is 0.191. The lowest BCUT2D eigenvalue weighted by Gasteiger charge is -2.18. The summed E-state index contributed by atoms with van der Waals surface area (Å²) in [7, 11) is 0. The zero-order valence-corrected chi connectivity index (χ0v) is 14.3. The number of rotatable bonds is 11. The Balaban J connectivity index is 1.59. The predicted molar refractivity (Wildman–Crippen MR) is 95.8 cm³/mol. The molecule has 2 aromatic carbocycles. The lowest BCUT2D eigenvalue weighted by molar-refractivity contribution is -0.00345. The zero-order chi connectivity index (χ0) is 17.0. The van der Waals surface area contributed by atoms with Crippen molar-refractivity contribution in [1.29, 1.82) is 0 Å². The van der Waals surface area contributed by atoms with Crippen molar-refractivity contribution in [2.45, 2.75) is 38.7 Å². The Bertz CT molecular complexity index is 547. The molecule has 0 bridgehead atoms. The van der Waals surface area contributed by atoms with Crippen molar-refractivity contribution in [3.05, 3.63) is 66.2 Å². The number of hydrogen-bond acceptors (Lipinski definition) is 4. The first-order chi connectivity index (χ1) is 11.8. The molecule has 0 saturated carbocycles. The van der Waals surface area contributed by atoms with E-state index in [4.69, 9.17) is 19.9 Å². The molecule has 2 atom stereocenters. The third-order valence-electron chi connectivity index (χ3n) is 3.68. The van der Waals surface area contributed by atoms with Crippen LogP contribution in [0.15, 0.2) is 60.7 Å². The second kappa shape index (κ2) is 10.8. The molecule has 2 rings (SSSR count). The van der Waals surface area contributed by atoms with Crippen LogP contribution in [-0.4, -0.2) is 25.5 Å². The van der Waals surface area contributed by atoms with Crippen molar-refractivity contribution in [1.82, 2.24) is 0 Å². The van der Waals surface area contributed by atoms with Crippen LogP contribution in [0.1, 0.15) is 25.3 Å². The maximum absolute atomic E-state index is 5.94. The smallest absolute Gasteiger partial charge is 0.171 e. The van der Waals surface area contributed by atoms with Crippen molar-refractivity contribution in [3.8, 4) is 5.75 Å². The van der Waals surface area contributed by atoms with Gasteiger partial charge in [0.1, 0.15) is 5.75 Å². The molecule has 2 unspecified atom stereocenters. The summed E-state index contributed by atoms with van der Waals surface area (Å²) in [6, 6.07) is 19.7. The molecule has 0 fully saturated rings. The fraction of sp³-hybridized carbons (Fsp3) is 0.400. The van der Waals surface area contributed by atoms with Gasteiger partial charge in [0.15, 0.2) is 6.23 Å². The van der Waals surface area contributed by atoms with Crippen LogP contribution in [0.3, 0.4) is 0 Å². The summed E-state index contributed by atoms with van der Waals surface area (Å²) in [6.07, 6.45) is 1.54. The zero-order valence-electron chi connectivity index (χ0n) is 14.3. The van der Waals surface area contributed by atoms with Crippen molar-refractivity contribution in [3.63, 3.8) is 0 Å². The van der Waals surface area contributed by atoms with E-state index in [0.717, 1.165) is 18.6 Å². The van der Waals surface area contributed by atoms with Crippen LogP contribution >= 0.6 is 0 Å². The van der Waals surface area contributed by atoms with E-state index < -0.39 is 6.23 Å². The molecule has 2 aromatic rings. The molecule has 0 aliphatic rings. The molecule has 0 spiro atoms. The molecular formula is C20H27NO3. The summed E-state index contributed by atoms with van der Waals surface area (Å²) in [5, 5.41) is 0. The molecule has 0 aliphatic heterocycles. The van der Waals surface area contributed by atoms with Crippen LogP contribution < -0.4 is 10.5 Å². The summed E-state index contributed by atoms with van der Waals surface area (Å²) in [4.78, 5) is 0. The van der Waals surface area contributed by atoms with Crippen LogP contribution in [0.4, 0.5) is 0 Å². The van der Waals surface area contributed by atoms with Crippen LogP contribution in [0, 0.1) is 0 Å². The topological polar surface area (TPSA) is 53.7 Å². The minimum atomic E-state index is -0.460. The first-order valence-corrected chi connectivity index (χ1v) is 8.48. The first kappa shape index (κ1) is 18.5. The highest BCUT2D eigenvalue weighted by atomic mass is 16.5. The van der Waals surface area contributed by atoms with Gasteiger partial charge in [-0.25, -0.2) is 0 Å². The summed E-state index contributed by atoms with van der Waals surface area (Å²) < 4.78 is 17.1.